The normalized spacial score (nSPS) is 18.5. The van der Waals surface area contributed by atoms with E-state index in [1.165, 1.54) is 0 Å². The molecule has 7 heteroatoms. The average Bonchev–Trinajstić information content (AvgIpc) is 3.48. The number of rotatable bonds is 6. The van der Waals surface area contributed by atoms with Gasteiger partial charge in [0.25, 0.3) is 5.91 Å². The number of hydrogen-bond donors (Lipinski definition) is 1. The fourth-order valence-corrected chi connectivity index (χ4v) is 6.01. The molecule has 0 aliphatic carbocycles. The fraction of sp³-hybridized carbons (Fsp3) is 0.435. The lowest BCUT2D eigenvalue weighted by molar-refractivity contribution is 0.0939. The van der Waals surface area contributed by atoms with Crippen LogP contribution in [0.4, 0.5) is 5.69 Å². The average molecular weight is 428 g/mol. The van der Waals surface area contributed by atoms with Crippen LogP contribution in [0.1, 0.15) is 54.6 Å². The van der Waals surface area contributed by atoms with Crippen molar-refractivity contribution < 1.29 is 13.2 Å². The summed E-state index contributed by atoms with van der Waals surface area (Å²) in [4.78, 5) is 15.3. The van der Waals surface area contributed by atoms with E-state index in [2.05, 4.69) is 10.2 Å². The molecule has 0 bridgehead atoms. The maximum atomic E-state index is 13.4. The van der Waals surface area contributed by atoms with Crippen molar-refractivity contribution >= 4 is 21.6 Å². The maximum absolute atomic E-state index is 13.4. The molecule has 1 N–H and O–H groups in total. The summed E-state index contributed by atoms with van der Waals surface area (Å²) >= 11 is 0. The van der Waals surface area contributed by atoms with Crippen LogP contribution in [0.5, 0.6) is 0 Å². The second-order valence-corrected chi connectivity index (χ2v) is 10.0. The maximum Gasteiger partial charge on any atom is 0.251 e. The Hall–Kier alpha value is -2.38. The first-order chi connectivity index (χ1) is 14.5. The quantitative estimate of drug-likeness (QED) is 0.765. The monoisotopic (exact) mass is 427 g/mol. The Kier molecular flexibility index (Phi) is 6.11. The molecule has 1 atom stereocenters. The van der Waals surface area contributed by atoms with E-state index in [-0.39, 0.29) is 16.8 Å². The molecule has 2 aliphatic heterocycles. The zero-order chi connectivity index (χ0) is 21.1. The summed E-state index contributed by atoms with van der Waals surface area (Å²) in [6.45, 7) is 4.71. The Morgan fingerprint density at radius 2 is 1.57 bits per heavy atom. The summed E-state index contributed by atoms with van der Waals surface area (Å²) in [6.07, 6.45) is 3.88. The smallest absolute Gasteiger partial charge is 0.251 e. The molecule has 2 aliphatic rings. The van der Waals surface area contributed by atoms with Crippen molar-refractivity contribution in [2.45, 2.75) is 43.5 Å². The molecule has 0 spiro atoms. The lowest BCUT2D eigenvalue weighted by atomic mass is 10.1. The minimum absolute atomic E-state index is 0.171. The van der Waals surface area contributed by atoms with Gasteiger partial charge in [0, 0.05) is 31.7 Å². The van der Waals surface area contributed by atoms with Gasteiger partial charge in [-0.25, -0.2) is 8.42 Å². The van der Waals surface area contributed by atoms with E-state index < -0.39 is 10.0 Å². The predicted octanol–water partition coefficient (Wildman–Crippen LogP) is 3.56. The van der Waals surface area contributed by atoms with Gasteiger partial charge in [0.1, 0.15) is 4.90 Å². The minimum atomic E-state index is -3.63. The molecular weight excluding hydrogens is 398 g/mol. The Balaban J connectivity index is 1.65. The van der Waals surface area contributed by atoms with Gasteiger partial charge < -0.3 is 10.2 Å². The van der Waals surface area contributed by atoms with Crippen LogP contribution in [-0.2, 0) is 10.0 Å². The van der Waals surface area contributed by atoms with Gasteiger partial charge in [-0.3, -0.25) is 4.79 Å². The first-order valence-corrected chi connectivity index (χ1v) is 12.2. The van der Waals surface area contributed by atoms with Crippen molar-refractivity contribution in [3.63, 3.8) is 0 Å². The Morgan fingerprint density at radius 1 is 0.933 bits per heavy atom. The third kappa shape index (κ3) is 4.23. The van der Waals surface area contributed by atoms with Crippen LogP contribution in [0.15, 0.2) is 53.4 Å². The number of carbonyl (C=O) groups is 1. The number of hydrogen-bond acceptors (Lipinski definition) is 4. The molecule has 2 saturated heterocycles. The standard InChI is InChI=1S/C23H29N3O3S/c1-18(19-9-3-2-4-10-19)24-23(27)20-11-12-21(25-13-5-6-14-25)22(17-20)30(28,29)26-15-7-8-16-26/h2-4,9-12,17-18H,5-8,13-16H2,1H3,(H,24,27)/t18-/m1/s1. The highest BCUT2D eigenvalue weighted by Crippen LogP contribution is 2.33. The van der Waals surface area contributed by atoms with Gasteiger partial charge in [0.15, 0.2) is 0 Å². The predicted molar refractivity (Wildman–Crippen MR) is 118 cm³/mol. The van der Waals surface area contributed by atoms with Gasteiger partial charge >= 0.3 is 0 Å². The summed E-state index contributed by atoms with van der Waals surface area (Å²) in [5, 5.41) is 2.99. The van der Waals surface area contributed by atoms with Gasteiger partial charge in [0.2, 0.25) is 10.0 Å². The molecule has 2 fully saturated rings. The van der Waals surface area contributed by atoms with Crippen molar-refractivity contribution in [1.29, 1.82) is 0 Å². The molecule has 2 aromatic rings. The van der Waals surface area contributed by atoms with E-state index in [1.54, 1.807) is 22.5 Å². The molecule has 0 aromatic heterocycles. The molecule has 6 nitrogen and oxygen atoms in total. The summed E-state index contributed by atoms with van der Waals surface area (Å²) in [5.74, 6) is -0.266. The van der Waals surface area contributed by atoms with Crippen LogP contribution in [0.25, 0.3) is 0 Å². The molecule has 2 aromatic carbocycles. The summed E-state index contributed by atoms with van der Waals surface area (Å²) in [7, 11) is -3.63. The number of amides is 1. The first kappa shape index (κ1) is 20.9. The Labute approximate surface area is 178 Å². The number of benzene rings is 2. The number of nitrogens with one attached hydrogen (secondary N) is 1. The molecule has 0 saturated carbocycles. The van der Waals surface area contributed by atoms with E-state index in [4.69, 9.17) is 0 Å². The van der Waals surface area contributed by atoms with E-state index in [0.717, 1.165) is 44.3 Å². The van der Waals surface area contributed by atoms with Crippen molar-refractivity contribution in [3.05, 3.63) is 59.7 Å². The second kappa shape index (κ2) is 8.78. The SMILES string of the molecule is C[C@@H](NC(=O)c1ccc(N2CCCC2)c(S(=O)(=O)N2CCCC2)c1)c1ccccc1. The molecular formula is C23H29N3O3S. The highest BCUT2D eigenvalue weighted by Gasteiger charge is 2.32. The van der Waals surface area contributed by atoms with Crippen molar-refractivity contribution in [2.24, 2.45) is 0 Å². The van der Waals surface area contributed by atoms with E-state index >= 15 is 0 Å². The van der Waals surface area contributed by atoms with Gasteiger partial charge in [-0.15, -0.1) is 0 Å². The van der Waals surface area contributed by atoms with Gasteiger partial charge in [-0.2, -0.15) is 4.31 Å². The highest BCUT2D eigenvalue weighted by atomic mass is 32.2. The van der Waals surface area contributed by atoms with Crippen LogP contribution in [0, 0.1) is 0 Å². The summed E-state index contributed by atoms with van der Waals surface area (Å²) in [5.41, 5.74) is 2.09. The second-order valence-electron chi connectivity index (χ2n) is 8.09. The van der Waals surface area contributed by atoms with Gasteiger partial charge in [-0.1, -0.05) is 30.3 Å². The first-order valence-electron chi connectivity index (χ1n) is 10.7. The molecule has 0 unspecified atom stereocenters. The summed E-state index contributed by atoms with van der Waals surface area (Å²) < 4.78 is 28.3. The topological polar surface area (TPSA) is 69.7 Å². The van der Waals surface area contributed by atoms with Crippen LogP contribution in [-0.4, -0.2) is 44.8 Å². The zero-order valence-electron chi connectivity index (χ0n) is 17.4. The van der Waals surface area contributed by atoms with E-state index in [0.29, 0.717) is 24.3 Å². The molecule has 4 rings (SSSR count). The fourth-order valence-electron chi connectivity index (χ4n) is 4.25. The van der Waals surface area contributed by atoms with Gasteiger partial charge in [-0.05, 0) is 56.4 Å². The van der Waals surface area contributed by atoms with Crippen LogP contribution < -0.4 is 10.2 Å². The number of carbonyl (C=O) groups excluding carboxylic acids is 1. The van der Waals surface area contributed by atoms with Crippen molar-refractivity contribution in [3.8, 4) is 0 Å². The molecule has 160 valence electrons. The highest BCUT2D eigenvalue weighted by molar-refractivity contribution is 7.89. The Morgan fingerprint density at radius 3 is 2.23 bits per heavy atom. The summed E-state index contributed by atoms with van der Waals surface area (Å²) in [6, 6.07) is 14.7. The lowest BCUT2D eigenvalue weighted by Gasteiger charge is -2.25. The van der Waals surface area contributed by atoms with Gasteiger partial charge in [0.05, 0.1) is 11.7 Å². The van der Waals surface area contributed by atoms with Crippen molar-refractivity contribution in [2.75, 3.05) is 31.1 Å². The molecule has 30 heavy (non-hydrogen) atoms. The lowest BCUT2D eigenvalue weighted by Crippen LogP contribution is -2.31. The number of nitrogens with zero attached hydrogens (tertiary/aromatic N) is 2. The minimum Gasteiger partial charge on any atom is -0.370 e. The third-order valence-corrected chi connectivity index (χ3v) is 7.93. The number of anilines is 1. The molecule has 0 radical (unpaired) electrons. The van der Waals surface area contributed by atoms with Crippen LogP contribution in [0.3, 0.4) is 0 Å². The van der Waals surface area contributed by atoms with Crippen LogP contribution >= 0.6 is 0 Å². The number of sulfonamides is 1. The van der Waals surface area contributed by atoms with E-state index in [1.807, 2.05) is 37.3 Å². The molecule has 1 amide bonds. The Bertz CT molecular complexity index is 996. The largest absolute Gasteiger partial charge is 0.370 e. The third-order valence-electron chi connectivity index (χ3n) is 6.00. The van der Waals surface area contributed by atoms with E-state index in [9.17, 15) is 13.2 Å². The molecule has 2 heterocycles. The zero-order valence-corrected chi connectivity index (χ0v) is 18.2. The van der Waals surface area contributed by atoms with Crippen LogP contribution in [0.2, 0.25) is 0 Å². The van der Waals surface area contributed by atoms with Crippen molar-refractivity contribution in [1.82, 2.24) is 9.62 Å².